The van der Waals surface area contributed by atoms with Gasteiger partial charge in [0.15, 0.2) is 0 Å². The van der Waals surface area contributed by atoms with Crippen LogP contribution in [0.4, 0.5) is 0 Å². The van der Waals surface area contributed by atoms with E-state index in [9.17, 15) is 0 Å². The summed E-state index contributed by atoms with van der Waals surface area (Å²) in [5.74, 6) is 0.0391. The fourth-order valence-corrected chi connectivity index (χ4v) is 1.10. The van der Waals surface area contributed by atoms with Crippen LogP contribution in [0.15, 0.2) is 18.2 Å². The quantitative estimate of drug-likeness (QED) is 0.724. The van der Waals surface area contributed by atoms with E-state index in [-0.39, 0.29) is 5.75 Å². The Bertz CT molecular complexity index is 303. The van der Waals surface area contributed by atoms with Gasteiger partial charge in [-0.1, -0.05) is 22.0 Å². The summed E-state index contributed by atoms with van der Waals surface area (Å²) in [5.41, 5.74) is 1.31. The molecule has 1 N–H and O–H groups in total. The SMILES string of the molecule is N#Cc1cc(CBr)ccc1O. The maximum absolute atomic E-state index is 9.09. The smallest absolute Gasteiger partial charge is 0.133 e. The average Bonchev–Trinajstić information content (AvgIpc) is 2.05. The number of hydrogen-bond donors (Lipinski definition) is 1. The lowest BCUT2D eigenvalue weighted by molar-refractivity contribution is 0.473. The standard InChI is InChI=1S/C8H6BrNO/c9-4-6-1-2-8(11)7(3-6)5-10/h1-3,11H,4H2. The predicted octanol–water partition coefficient (Wildman–Crippen LogP) is 2.16. The molecule has 0 radical (unpaired) electrons. The van der Waals surface area contributed by atoms with Crippen LogP contribution in [0.5, 0.6) is 5.75 Å². The van der Waals surface area contributed by atoms with Crippen LogP contribution < -0.4 is 0 Å². The summed E-state index contributed by atoms with van der Waals surface area (Å²) in [7, 11) is 0. The van der Waals surface area contributed by atoms with Crippen LogP contribution in [-0.4, -0.2) is 5.11 Å². The molecule has 0 unspecified atom stereocenters. The lowest BCUT2D eigenvalue weighted by atomic mass is 10.1. The zero-order valence-electron chi connectivity index (χ0n) is 5.71. The first kappa shape index (κ1) is 8.09. The van der Waals surface area contributed by atoms with Gasteiger partial charge in [-0.15, -0.1) is 0 Å². The van der Waals surface area contributed by atoms with Gasteiger partial charge in [-0.3, -0.25) is 0 Å². The third-order valence-corrected chi connectivity index (χ3v) is 1.98. The molecule has 0 aliphatic carbocycles. The summed E-state index contributed by atoms with van der Waals surface area (Å²) >= 11 is 3.25. The van der Waals surface area contributed by atoms with Gasteiger partial charge in [0.1, 0.15) is 11.8 Å². The molecule has 3 heteroatoms. The highest BCUT2D eigenvalue weighted by molar-refractivity contribution is 9.08. The molecule has 0 saturated heterocycles. The summed E-state index contributed by atoms with van der Waals surface area (Å²) in [6.07, 6.45) is 0. The monoisotopic (exact) mass is 211 g/mol. The van der Waals surface area contributed by atoms with E-state index in [0.29, 0.717) is 10.9 Å². The van der Waals surface area contributed by atoms with E-state index in [0.717, 1.165) is 5.56 Å². The van der Waals surface area contributed by atoms with Gasteiger partial charge in [0.2, 0.25) is 0 Å². The number of benzene rings is 1. The Labute approximate surface area is 73.2 Å². The zero-order valence-corrected chi connectivity index (χ0v) is 7.30. The minimum atomic E-state index is 0.0391. The number of hydrogen-bond acceptors (Lipinski definition) is 2. The molecule has 0 aromatic heterocycles. The first-order chi connectivity index (χ1) is 5.27. The van der Waals surface area contributed by atoms with Crippen molar-refractivity contribution in [1.82, 2.24) is 0 Å². The molecule has 0 aliphatic rings. The Balaban J connectivity index is 3.15. The molecular weight excluding hydrogens is 206 g/mol. The number of rotatable bonds is 1. The van der Waals surface area contributed by atoms with Gasteiger partial charge >= 0.3 is 0 Å². The molecule has 0 heterocycles. The third kappa shape index (κ3) is 1.72. The van der Waals surface area contributed by atoms with Crippen molar-refractivity contribution in [1.29, 1.82) is 5.26 Å². The molecule has 1 aromatic rings. The van der Waals surface area contributed by atoms with Crippen LogP contribution >= 0.6 is 15.9 Å². The molecule has 0 amide bonds. The maximum Gasteiger partial charge on any atom is 0.133 e. The molecule has 56 valence electrons. The van der Waals surface area contributed by atoms with Gasteiger partial charge in [-0.05, 0) is 17.7 Å². The second kappa shape index (κ2) is 3.40. The molecule has 1 rings (SSSR count). The Kier molecular flexibility index (Phi) is 2.50. The van der Waals surface area contributed by atoms with Crippen molar-refractivity contribution in [3.05, 3.63) is 29.3 Å². The lowest BCUT2D eigenvalue weighted by Gasteiger charge is -1.97. The van der Waals surface area contributed by atoms with Gasteiger partial charge in [-0.2, -0.15) is 5.26 Å². The van der Waals surface area contributed by atoms with E-state index in [2.05, 4.69) is 15.9 Å². The maximum atomic E-state index is 9.09. The van der Waals surface area contributed by atoms with Crippen LogP contribution in [0.3, 0.4) is 0 Å². The van der Waals surface area contributed by atoms with Crippen LogP contribution in [0, 0.1) is 11.3 Å². The zero-order chi connectivity index (χ0) is 8.27. The van der Waals surface area contributed by atoms with E-state index in [1.807, 2.05) is 6.07 Å². The third-order valence-electron chi connectivity index (χ3n) is 1.34. The molecule has 0 bridgehead atoms. The summed E-state index contributed by atoms with van der Waals surface area (Å²) in [6.45, 7) is 0. The fraction of sp³-hybridized carbons (Fsp3) is 0.125. The van der Waals surface area contributed by atoms with Crippen molar-refractivity contribution in [2.75, 3.05) is 0 Å². The number of nitriles is 1. The molecule has 1 aromatic carbocycles. The number of alkyl halides is 1. The molecule has 0 saturated carbocycles. The van der Waals surface area contributed by atoms with Gasteiger partial charge < -0.3 is 5.11 Å². The van der Waals surface area contributed by atoms with Crippen LogP contribution in [0.2, 0.25) is 0 Å². The minimum absolute atomic E-state index is 0.0391. The number of aromatic hydroxyl groups is 1. The number of phenolic OH excluding ortho intramolecular Hbond substituents is 1. The summed E-state index contributed by atoms with van der Waals surface area (Å²) in [4.78, 5) is 0. The van der Waals surface area contributed by atoms with Crippen molar-refractivity contribution in [2.24, 2.45) is 0 Å². The minimum Gasteiger partial charge on any atom is -0.507 e. The average molecular weight is 212 g/mol. The topological polar surface area (TPSA) is 44.0 Å². The summed E-state index contributed by atoms with van der Waals surface area (Å²) in [5, 5.41) is 18.3. The fourth-order valence-electron chi connectivity index (χ4n) is 0.756. The molecular formula is C8H6BrNO. The van der Waals surface area contributed by atoms with Crippen molar-refractivity contribution in [3.8, 4) is 11.8 Å². The van der Waals surface area contributed by atoms with E-state index < -0.39 is 0 Å². The first-order valence-electron chi connectivity index (χ1n) is 3.06. The van der Waals surface area contributed by atoms with Gasteiger partial charge in [0.25, 0.3) is 0 Å². The van der Waals surface area contributed by atoms with Crippen molar-refractivity contribution in [3.63, 3.8) is 0 Å². The Morgan fingerprint density at radius 1 is 1.55 bits per heavy atom. The Morgan fingerprint density at radius 3 is 2.82 bits per heavy atom. The largest absolute Gasteiger partial charge is 0.507 e. The second-order valence-corrected chi connectivity index (χ2v) is 2.66. The van der Waals surface area contributed by atoms with Crippen molar-refractivity contribution >= 4 is 15.9 Å². The number of phenols is 1. The number of halogens is 1. The van der Waals surface area contributed by atoms with E-state index >= 15 is 0 Å². The molecule has 0 spiro atoms. The molecule has 0 atom stereocenters. The highest BCUT2D eigenvalue weighted by atomic mass is 79.9. The Hall–Kier alpha value is -1.01. The predicted molar refractivity (Wildman–Crippen MR) is 45.5 cm³/mol. The van der Waals surface area contributed by atoms with E-state index in [4.69, 9.17) is 10.4 Å². The first-order valence-corrected chi connectivity index (χ1v) is 4.18. The van der Waals surface area contributed by atoms with Crippen LogP contribution in [-0.2, 0) is 5.33 Å². The normalized spacial score (nSPS) is 9.09. The molecule has 0 fully saturated rings. The summed E-state index contributed by atoms with van der Waals surface area (Å²) < 4.78 is 0. The van der Waals surface area contributed by atoms with Crippen molar-refractivity contribution in [2.45, 2.75) is 5.33 Å². The van der Waals surface area contributed by atoms with E-state index in [1.165, 1.54) is 6.07 Å². The molecule has 11 heavy (non-hydrogen) atoms. The van der Waals surface area contributed by atoms with Crippen LogP contribution in [0.1, 0.15) is 11.1 Å². The number of nitrogens with zero attached hydrogens (tertiary/aromatic N) is 1. The Morgan fingerprint density at radius 2 is 2.27 bits per heavy atom. The van der Waals surface area contributed by atoms with Crippen molar-refractivity contribution < 1.29 is 5.11 Å². The second-order valence-electron chi connectivity index (χ2n) is 2.10. The molecule has 2 nitrogen and oxygen atoms in total. The highest BCUT2D eigenvalue weighted by Crippen LogP contribution is 2.18. The highest BCUT2D eigenvalue weighted by Gasteiger charge is 1.99. The van der Waals surface area contributed by atoms with Crippen LogP contribution in [0.25, 0.3) is 0 Å². The van der Waals surface area contributed by atoms with Gasteiger partial charge in [-0.25, -0.2) is 0 Å². The van der Waals surface area contributed by atoms with E-state index in [1.54, 1.807) is 12.1 Å². The van der Waals surface area contributed by atoms with Gasteiger partial charge in [0.05, 0.1) is 5.56 Å². The molecule has 0 aliphatic heterocycles. The van der Waals surface area contributed by atoms with Gasteiger partial charge in [0, 0.05) is 5.33 Å². The lowest BCUT2D eigenvalue weighted by Crippen LogP contribution is -1.80. The summed E-state index contributed by atoms with van der Waals surface area (Å²) in [6, 6.07) is 6.85.